The summed E-state index contributed by atoms with van der Waals surface area (Å²) < 4.78 is 24.3. The Balaban J connectivity index is 2.58. The van der Waals surface area contributed by atoms with E-state index in [0.717, 1.165) is 23.4 Å². The highest BCUT2D eigenvalue weighted by Gasteiger charge is 2.26. The van der Waals surface area contributed by atoms with Crippen molar-refractivity contribution in [3.8, 4) is 0 Å². The molecule has 0 heterocycles. The first kappa shape index (κ1) is 36.0. The minimum Gasteiger partial charge on any atom is -0.457 e. The largest absolute Gasteiger partial charge is 0.457 e. The van der Waals surface area contributed by atoms with E-state index in [1.165, 1.54) is 90.4 Å². The van der Waals surface area contributed by atoms with Crippen LogP contribution in [-0.4, -0.2) is 82.7 Å². The average Bonchev–Trinajstić information content (AvgIpc) is 2.87. The van der Waals surface area contributed by atoms with E-state index in [1.54, 1.807) is 6.92 Å². The van der Waals surface area contributed by atoms with Gasteiger partial charge in [0, 0.05) is 0 Å². The molecule has 0 amide bonds. The van der Waals surface area contributed by atoms with Crippen LogP contribution in [0.4, 0.5) is 0 Å². The number of hydrogen-bond acceptors (Lipinski definition) is 6. The third-order valence-electron chi connectivity index (χ3n) is 7.78. The first-order chi connectivity index (χ1) is 18.6. The first-order valence-corrected chi connectivity index (χ1v) is 15.9. The summed E-state index contributed by atoms with van der Waals surface area (Å²) in [4.78, 5) is 23.5. The van der Waals surface area contributed by atoms with Gasteiger partial charge < -0.3 is 23.4 Å². The van der Waals surface area contributed by atoms with Crippen LogP contribution in [-0.2, 0) is 28.5 Å². The fourth-order valence-electron chi connectivity index (χ4n) is 5.41. The molecule has 3 atom stereocenters. The molecule has 230 valence electrons. The minimum atomic E-state index is -0.673. The van der Waals surface area contributed by atoms with E-state index in [-0.39, 0.29) is 12.2 Å². The van der Waals surface area contributed by atoms with Crippen molar-refractivity contribution in [3.63, 3.8) is 0 Å². The number of nitrogens with zero attached hydrogens (tertiary/aromatic N) is 1. The van der Waals surface area contributed by atoms with E-state index in [9.17, 15) is 9.59 Å². The van der Waals surface area contributed by atoms with Gasteiger partial charge in [-0.2, -0.15) is 0 Å². The van der Waals surface area contributed by atoms with Gasteiger partial charge in [0.25, 0.3) is 0 Å². The standard InChI is InChI=1S/C32H62NO6/c1-7-8-9-10-11-12-14-19-30(29-17-15-13-16-18-29)20-22-37-32(28(3)39-31(35)26-27(2)34)38-25-24-36-23-21-33(4,5)6/h28-30,32H,7-26H2,1-6H3/q+1. The van der Waals surface area contributed by atoms with Gasteiger partial charge in [-0.05, 0) is 32.1 Å². The van der Waals surface area contributed by atoms with E-state index in [0.29, 0.717) is 32.3 Å². The SMILES string of the molecule is CCCCCCCCCC(CCOC(OCCOCC[N+](C)(C)C)C(C)OC(=O)CC(C)=O)C1CCCCC1. The molecule has 0 radical (unpaired) electrons. The number of unbranched alkanes of at least 4 members (excludes halogenated alkanes) is 6. The number of carbonyl (C=O) groups is 2. The van der Waals surface area contributed by atoms with Gasteiger partial charge in [0.2, 0.25) is 0 Å². The fourth-order valence-corrected chi connectivity index (χ4v) is 5.41. The maximum atomic E-state index is 12.1. The number of hydrogen-bond donors (Lipinski definition) is 0. The molecule has 0 aromatic heterocycles. The van der Waals surface area contributed by atoms with Crippen LogP contribution in [0.5, 0.6) is 0 Å². The molecule has 39 heavy (non-hydrogen) atoms. The summed E-state index contributed by atoms with van der Waals surface area (Å²) in [7, 11) is 6.40. The maximum absolute atomic E-state index is 12.1. The number of Topliss-reactive ketones (excluding diaryl/α,β-unsaturated/α-hetero) is 1. The Morgan fingerprint density at radius 2 is 1.46 bits per heavy atom. The highest BCUT2D eigenvalue weighted by molar-refractivity contribution is 5.94. The lowest BCUT2D eigenvalue weighted by molar-refractivity contribution is -0.870. The number of rotatable bonds is 24. The van der Waals surface area contributed by atoms with Crippen LogP contribution in [0.2, 0.25) is 0 Å². The minimum absolute atomic E-state index is 0.211. The normalized spacial score (nSPS) is 17.1. The van der Waals surface area contributed by atoms with Gasteiger partial charge in [-0.25, -0.2) is 0 Å². The Morgan fingerprint density at radius 1 is 0.821 bits per heavy atom. The molecule has 0 aliphatic heterocycles. The Labute approximate surface area is 240 Å². The summed E-state index contributed by atoms with van der Waals surface area (Å²) in [5.74, 6) is 0.723. The summed E-state index contributed by atoms with van der Waals surface area (Å²) in [6, 6.07) is 0. The summed E-state index contributed by atoms with van der Waals surface area (Å²) in [5, 5.41) is 0. The topological polar surface area (TPSA) is 71.1 Å². The predicted molar refractivity (Wildman–Crippen MR) is 158 cm³/mol. The van der Waals surface area contributed by atoms with Crippen LogP contribution in [0, 0.1) is 11.8 Å². The molecule has 7 heteroatoms. The van der Waals surface area contributed by atoms with Crippen LogP contribution in [0.25, 0.3) is 0 Å². The zero-order chi connectivity index (χ0) is 28.9. The predicted octanol–water partition coefficient (Wildman–Crippen LogP) is 6.71. The van der Waals surface area contributed by atoms with Crippen molar-refractivity contribution < 1.29 is 33.0 Å². The van der Waals surface area contributed by atoms with E-state index >= 15 is 0 Å². The van der Waals surface area contributed by atoms with Crippen molar-refractivity contribution in [1.82, 2.24) is 0 Å². The zero-order valence-corrected chi connectivity index (χ0v) is 26.3. The van der Waals surface area contributed by atoms with Crippen molar-refractivity contribution in [3.05, 3.63) is 0 Å². The maximum Gasteiger partial charge on any atom is 0.313 e. The van der Waals surface area contributed by atoms with Gasteiger partial charge >= 0.3 is 5.97 Å². The van der Waals surface area contributed by atoms with Gasteiger partial charge in [0.15, 0.2) is 6.29 Å². The lowest BCUT2D eigenvalue weighted by atomic mass is 9.76. The van der Waals surface area contributed by atoms with Gasteiger partial charge in [-0.15, -0.1) is 0 Å². The molecule has 1 aliphatic rings. The number of quaternary nitrogens is 1. The molecule has 0 aromatic carbocycles. The van der Waals surface area contributed by atoms with Crippen molar-refractivity contribution in [2.75, 3.05) is 54.1 Å². The van der Waals surface area contributed by atoms with Crippen LogP contribution < -0.4 is 0 Å². The second-order valence-corrected chi connectivity index (χ2v) is 12.7. The second kappa shape index (κ2) is 21.7. The zero-order valence-electron chi connectivity index (χ0n) is 26.3. The van der Waals surface area contributed by atoms with Crippen molar-refractivity contribution >= 4 is 11.8 Å². The third-order valence-corrected chi connectivity index (χ3v) is 7.78. The highest BCUT2D eigenvalue weighted by Crippen LogP contribution is 2.35. The Hall–Kier alpha value is -1.02. The number of ketones is 1. The molecular formula is C32H62NO6+. The smallest absolute Gasteiger partial charge is 0.313 e. The lowest BCUT2D eigenvalue weighted by Gasteiger charge is -2.31. The van der Waals surface area contributed by atoms with E-state index in [4.69, 9.17) is 18.9 Å². The number of esters is 1. The monoisotopic (exact) mass is 556 g/mol. The molecule has 1 fully saturated rings. The first-order valence-electron chi connectivity index (χ1n) is 15.9. The Morgan fingerprint density at radius 3 is 2.10 bits per heavy atom. The van der Waals surface area contributed by atoms with E-state index in [1.807, 2.05) is 0 Å². The molecular weight excluding hydrogens is 494 g/mol. The van der Waals surface area contributed by atoms with Gasteiger partial charge in [0.1, 0.15) is 24.9 Å². The second-order valence-electron chi connectivity index (χ2n) is 12.7. The number of likely N-dealkylation sites (N-methyl/N-ethyl adjacent to an activating group) is 1. The van der Waals surface area contributed by atoms with Crippen LogP contribution in [0.15, 0.2) is 0 Å². The summed E-state index contributed by atoms with van der Waals surface area (Å²) >= 11 is 0. The molecule has 0 aromatic rings. The molecule has 7 nitrogen and oxygen atoms in total. The molecule has 0 spiro atoms. The lowest BCUT2D eigenvalue weighted by Crippen LogP contribution is -2.38. The van der Waals surface area contributed by atoms with E-state index < -0.39 is 18.4 Å². The van der Waals surface area contributed by atoms with Gasteiger partial charge in [-0.3, -0.25) is 9.59 Å². The van der Waals surface area contributed by atoms with E-state index in [2.05, 4.69) is 28.1 Å². The Bertz CT molecular complexity index is 629. The molecule has 1 aliphatic carbocycles. The van der Waals surface area contributed by atoms with Crippen LogP contribution in [0.1, 0.15) is 117 Å². The molecule has 3 unspecified atom stereocenters. The molecule has 0 N–H and O–H groups in total. The van der Waals surface area contributed by atoms with Gasteiger partial charge in [-0.1, -0.05) is 90.4 Å². The highest BCUT2D eigenvalue weighted by atomic mass is 16.7. The van der Waals surface area contributed by atoms with Gasteiger partial charge in [0.05, 0.1) is 47.6 Å². The molecule has 0 bridgehead atoms. The van der Waals surface area contributed by atoms with Crippen molar-refractivity contribution in [1.29, 1.82) is 0 Å². The number of ether oxygens (including phenoxy) is 4. The summed E-state index contributed by atoms with van der Waals surface area (Å²) in [5.41, 5.74) is 0. The van der Waals surface area contributed by atoms with Crippen molar-refractivity contribution in [2.45, 2.75) is 129 Å². The van der Waals surface area contributed by atoms with Crippen LogP contribution in [0.3, 0.4) is 0 Å². The molecule has 1 saturated carbocycles. The summed E-state index contributed by atoms with van der Waals surface area (Å²) in [6.07, 6.45) is 16.9. The Kier molecular flexibility index (Phi) is 20.0. The quantitative estimate of drug-likeness (QED) is 0.0433. The summed E-state index contributed by atoms with van der Waals surface area (Å²) in [6.45, 7) is 8.41. The number of carbonyl (C=O) groups excluding carboxylic acids is 2. The molecule has 0 saturated heterocycles. The molecule has 1 rings (SSSR count). The van der Waals surface area contributed by atoms with Crippen molar-refractivity contribution in [2.24, 2.45) is 11.8 Å². The fraction of sp³-hybridized carbons (Fsp3) is 0.938. The average molecular weight is 557 g/mol. The third kappa shape index (κ3) is 19.7. The van der Waals surface area contributed by atoms with Crippen LogP contribution >= 0.6 is 0 Å².